The Bertz CT molecular complexity index is 686. The molecule has 0 atom stereocenters. The van der Waals surface area contributed by atoms with Crippen LogP contribution in [0.25, 0.3) is 22.5 Å². The molecular formula is C18H17N3O. The first-order valence-corrected chi connectivity index (χ1v) is 7.05. The van der Waals surface area contributed by atoms with E-state index in [2.05, 4.69) is 15.3 Å². The number of anilines is 1. The van der Waals surface area contributed by atoms with E-state index < -0.39 is 0 Å². The number of aromatic nitrogens is 2. The molecule has 0 radical (unpaired) electrons. The van der Waals surface area contributed by atoms with Gasteiger partial charge in [-0.25, -0.2) is 0 Å². The summed E-state index contributed by atoms with van der Waals surface area (Å²) in [6.07, 6.45) is 3.43. The van der Waals surface area contributed by atoms with Crippen molar-refractivity contribution in [2.45, 2.75) is 0 Å². The third-order valence-corrected chi connectivity index (χ3v) is 3.51. The van der Waals surface area contributed by atoms with Crippen LogP contribution in [0.5, 0.6) is 5.75 Å². The van der Waals surface area contributed by atoms with Gasteiger partial charge in [-0.1, -0.05) is 12.1 Å². The molecule has 0 bridgehead atoms. The van der Waals surface area contributed by atoms with Gasteiger partial charge in [0.1, 0.15) is 5.75 Å². The lowest BCUT2D eigenvalue weighted by Crippen LogP contribution is -1.93. The number of rotatable bonds is 4. The molecule has 0 fully saturated rings. The quantitative estimate of drug-likeness (QED) is 0.793. The molecule has 1 N–H and O–H groups in total. The van der Waals surface area contributed by atoms with E-state index in [0.717, 1.165) is 34.0 Å². The predicted molar refractivity (Wildman–Crippen MR) is 89.0 cm³/mol. The molecule has 0 unspecified atom stereocenters. The highest BCUT2D eigenvalue weighted by Crippen LogP contribution is 2.29. The molecule has 1 heterocycles. The van der Waals surface area contributed by atoms with Gasteiger partial charge in [0.25, 0.3) is 0 Å². The van der Waals surface area contributed by atoms with Crippen LogP contribution in [0.4, 0.5) is 5.69 Å². The Hall–Kier alpha value is -2.88. The van der Waals surface area contributed by atoms with Gasteiger partial charge in [-0.05, 0) is 36.4 Å². The fourth-order valence-corrected chi connectivity index (χ4v) is 2.30. The van der Waals surface area contributed by atoms with Crippen LogP contribution >= 0.6 is 0 Å². The van der Waals surface area contributed by atoms with Crippen molar-refractivity contribution in [2.24, 2.45) is 0 Å². The first kappa shape index (κ1) is 14.1. The van der Waals surface area contributed by atoms with Gasteiger partial charge >= 0.3 is 0 Å². The van der Waals surface area contributed by atoms with Crippen molar-refractivity contribution in [1.29, 1.82) is 0 Å². The highest BCUT2D eigenvalue weighted by atomic mass is 16.5. The van der Waals surface area contributed by atoms with E-state index >= 15 is 0 Å². The van der Waals surface area contributed by atoms with Crippen LogP contribution in [0.3, 0.4) is 0 Å². The maximum atomic E-state index is 5.20. The second kappa shape index (κ2) is 6.26. The summed E-state index contributed by atoms with van der Waals surface area (Å²) < 4.78 is 5.20. The van der Waals surface area contributed by atoms with Gasteiger partial charge in [0.15, 0.2) is 0 Å². The molecule has 22 heavy (non-hydrogen) atoms. The van der Waals surface area contributed by atoms with E-state index in [1.54, 1.807) is 19.5 Å². The monoisotopic (exact) mass is 291 g/mol. The van der Waals surface area contributed by atoms with Crippen LogP contribution in [0, 0.1) is 0 Å². The van der Waals surface area contributed by atoms with Crippen molar-refractivity contribution in [3.05, 3.63) is 60.9 Å². The fourth-order valence-electron chi connectivity index (χ4n) is 2.30. The zero-order chi connectivity index (χ0) is 15.4. The molecule has 2 aromatic carbocycles. The van der Waals surface area contributed by atoms with Crippen molar-refractivity contribution >= 4 is 5.69 Å². The smallest absolute Gasteiger partial charge is 0.118 e. The Labute approximate surface area is 129 Å². The number of benzene rings is 2. The van der Waals surface area contributed by atoms with E-state index in [1.807, 2.05) is 55.6 Å². The molecule has 0 saturated carbocycles. The summed E-state index contributed by atoms with van der Waals surface area (Å²) in [5.41, 5.74) is 4.86. The van der Waals surface area contributed by atoms with Crippen LogP contribution in [0.15, 0.2) is 60.9 Å². The SMILES string of the molecule is CNc1ccc(-c2nccnc2-c2ccc(OC)cc2)cc1. The number of ether oxygens (including phenoxy) is 1. The van der Waals surface area contributed by atoms with Gasteiger partial charge in [0.2, 0.25) is 0 Å². The normalized spacial score (nSPS) is 10.3. The van der Waals surface area contributed by atoms with E-state index in [-0.39, 0.29) is 0 Å². The molecular weight excluding hydrogens is 274 g/mol. The Balaban J connectivity index is 2.04. The van der Waals surface area contributed by atoms with Crippen molar-refractivity contribution in [1.82, 2.24) is 9.97 Å². The van der Waals surface area contributed by atoms with Crippen molar-refractivity contribution < 1.29 is 4.74 Å². The average molecular weight is 291 g/mol. The van der Waals surface area contributed by atoms with E-state index in [0.29, 0.717) is 0 Å². The van der Waals surface area contributed by atoms with Crippen molar-refractivity contribution in [2.75, 3.05) is 19.5 Å². The number of hydrogen-bond donors (Lipinski definition) is 1. The third-order valence-electron chi connectivity index (χ3n) is 3.51. The molecule has 110 valence electrons. The maximum absolute atomic E-state index is 5.20. The molecule has 0 aliphatic heterocycles. The zero-order valence-electron chi connectivity index (χ0n) is 12.6. The highest BCUT2D eigenvalue weighted by Gasteiger charge is 2.10. The standard InChI is InChI=1S/C18H17N3O/c1-19-15-7-3-13(4-8-15)17-18(21-12-11-20-17)14-5-9-16(22-2)10-6-14/h3-12,19H,1-2H3. The topological polar surface area (TPSA) is 47.0 Å². The molecule has 0 spiro atoms. The third kappa shape index (κ3) is 2.76. The Kier molecular flexibility index (Phi) is 4.01. The number of hydrogen-bond acceptors (Lipinski definition) is 4. The minimum atomic E-state index is 0.826. The van der Waals surface area contributed by atoms with Gasteiger partial charge in [-0.15, -0.1) is 0 Å². The molecule has 1 aromatic heterocycles. The van der Waals surface area contributed by atoms with Crippen LogP contribution in [-0.2, 0) is 0 Å². The fraction of sp³-hybridized carbons (Fsp3) is 0.111. The lowest BCUT2D eigenvalue weighted by Gasteiger charge is -2.09. The summed E-state index contributed by atoms with van der Waals surface area (Å²) >= 11 is 0. The van der Waals surface area contributed by atoms with Crippen molar-refractivity contribution in [3.63, 3.8) is 0 Å². The maximum Gasteiger partial charge on any atom is 0.118 e. The van der Waals surface area contributed by atoms with Gasteiger partial charge in [0, 0.05) is 36.3 Å². The van der Waals surface area contributed by atoms with E-state index in [4.69, 9.17) is 4.74 Å². The summed E-state index contributed by atoms with van der Waals surface area (Å²) in [6.45, 7) is 0. The number of nitrogens with zero attached hydrogens (tertiary/aromatic N) is 2. The van der Waals surface area contributed by atoms with Gasteiger partial charge < -0.3 is 10.1 Å². The van der Waals surface area contributed by atoms with Crippen LogP contribution in [-0.4, -0.2) is 24.1 Å². The molecule has 3 aromatic rings. The first-order valence-electron chi connectivity index (χ1n) is 7.05. The molecule has 0 saturated heterocycles. The molecule has 0 aliphatic carbocycles. The molecule has 3 rings (SSSR count). The Morgan fingerprint density at radius 2 is 1.27 bits per heavy atom. The second-order valence-electron chi connectivity index (χ2n) is 4.81. The largest absolute Gasteiger partial charge is 0.497 e. The van der Waals surface area contributed by atoms with Crippen molar-refractivity contribution in [3.8, 4) is 28.3 Å². The lowest BCUT2D eigenvalue weighted by molar-refractivity contribution is 0.415. The molecule has 0 aliphatic rings. The summed E-state index contributed by atoms with van der Waals surface area (Å²) in [7, 11) is 3.56. The second-order valence-corrected chi connectivity index (χ2v) is 4.81. The minimum absolute atomic E-state index is 0.826. The first-order chi connectivity index (χ1) is 10.8. The Morgan fingerprint density at radius 1 is 0.773 bits per heavy atom. The average Bonchev–Trinajstić information content (AvgIpc) is 2.62. The number of methoxy groups -OCH3 is 1. The minimum Gasteiger partial charge on any atom is -0.497 e. The zero-order valence-corrected chi connectivity index (χ0v) is 12.6. The summed E-state index contributed by atoms with van der Waals surface area (Å²) in [5, 5.41) is 3.11. The van der Waals surface area contributed by atoms with Gasteiger partial charge in [-0.2, -0.15) is 0 Å². The van der Waals surface area contributed by atoms with Gasteiger partial charge in [0.05, 0.1) is 18.5 Å². The molecule has 4 nitrogen and oxygen atoms in total. The predicted octanol–water partition coefficient (Wildman–Crippen LogP) is 3.86. The molecule has 4 heteroatoms. The highest BCUT2D eigenvalue weighted by molar-refractivity contribution is 5.78. The molecule has 0 amide bonds. The van der Waals surface area contributed by atoms with Crippen LogP contribution in [0.1, 0.15) is 0 Å². The van der Waals surface area contributed by atoms with Gasteiger partial charge in [-0.3, -0.25) is 9.97 Å². The van der Waals surface area contributed by atoms with E-state index in [1.165, 1.54) is 0 Å². The van der Waals surface area contributed by atoms with E-state index in [9.17, 15) is 0 Å². The van der Waals surface area contributed by atoms with Crippen LogP contribution in [0.2, 0.25) is 0 Å². The summed E-state index contributed by atoms with van der Waals surface area (Å²) in [4.78, 5) is 9.01. The summed E-state index contributed by atoms with van der Waals surface area (Å²) in [5.74, 6) is 0.826. The Morgan fingerprint density at radius 3 is 1.73 bits per heavy atom. The van der Waals surface area contributed by atoms with Crippen LogP contribution < -0.4 is 10.1 Å². The lowest BCUT2D eigenvalue weighted by atomic mass is 10.0. The number of nitrogens with one attached hydrogen (secondary N) is 1. The summed E-state index contributed by atoms with van der Waals surface area (Å²) in [6, 6.07) is 16.0.